The summed E-state index contributed by atoms with van der Waals surface area (Å²) in [7, 11) is 3.80. The summed E-state index contributed by atoms with van der Waals surface area (Å²) in [6.07, 6.45) is 6.86. The van der Waals surface area contributed by atoms with E-state index in [-0.39, 0.29) is 11.9 Å². The lowest BCUT2D eigenvalue weighted by Crippen LogP contribution is -2.46. The molecule has 2 aromatic heterocycles. The third kappa shape index (κ3) is 3.49. The van der Waals surface area contributed by atoms with E-state index in [1.165, 1.54) is 0 Å². The predicted molar refractivity (Wildman–Crippen MR) is 87.3 cm³/mol. The second-order valence-electron chi connectivity index (χ2n) is 6.05. The third-order valence-electron chi connectivity index (χ3n) is 4.17. The van der Waals surface area contributed by atoms with E-state index in [0.717, 1.165) is 38.2 Å². The van der Waals surface area contributed by atoms with Crippen molar-refractivity contribution in [2.24, 2.45) is 0 Å². The van der Waals surface area contributed by atoms with E-state index in [1.807, 2.05) is 46.9 Å². The van der Waals surface area contributed by atoms with Crippen LogP contribution in [-0.2, 0) is 6.54 Å². The highest BCUT2D eigenvalue weighted by molar-refractivity contribution is 5.92. The summed E-state index contributed by atoms with van der Waals surface area (Å²) in [6, 6.07) is 5.64. The number of rotatable bonds is 4. The number of hydrogen-bond acceptors (Lipinski definition) is 5. The Labute approximate surface area is 135 Å². The van der Waals surface area contributed by atoms with Gasteiger partial charge in [0.1, 0.15) is 0 Å². The maximum atomic E-state index is 12.8. The first kappa shape index (κ1) is 15.5. The number of amides is 1. The number of carbonyl (C=O) groups excluding carboxylic acids is 1. The van der Waals surface area contributed by atoms with Crippen LogP contribution < -0.4 is 4.90 Å². The van der Waals surface area contributed by atoms with E-state index >= 15 is 0 Å². The Hall–Kier alpha value is -2.44. The molecule has 0 saturated carbocycles. The van der Waals surface area contributed by atoms with Gasteiger partial charge in [-0.05, 0) is 37.5 Å². The van der Waals surface area contributed by atoms with Crippen LogP contribution in [0.15, 0.2) is 30.6 Å². The molecule has 23 heavy (non-hydrogen) atoms. The molecule has 0 N–H and O–H groups in total. The van der Waals surface area contributed by atoms with Gasteiger partial charge in [0, 0.05) is 33.0 Å². The van der Waals surface area contributed by atoms with Gasteiger partial charge in [0.15, 0.2) is 11.5 Å². The molecule has 0 radical (unpaired) electrons. The first-order chi connectivity index (χ1) is 11.1. The van der Waals surface area contributed by atoms with Crippen LogP contribution in [0.4, 0.5) is 5.82 Å². The van der Waals surface area contributed by atoms with E-state index in [9.17, 15) is 4.79 Å². The second kappa shape index (κ2) is 6.76. The quantitative estimate of drug-likeness (QED) is 0.854. The summed E-state index contributed by atoms with van der Waals surface area (Å²) in [5, 5.41) is 12.5. The van der Waals surface area contributed by atoms with Crippen LogP contribution in [0.2, 0.25) is 0 Å². The van der Waals surface area contributed by atoms with Crippen molar-refractivity contribution in [1.82, 2.24) is 24.9 Å². The first-order valence-electron chi connectivity index (χ1n) is 7.94. The molecule has 1 aliphatic rings. The Balaban J connectivity index is 1.75. The standard InChI is InChI=1S/C16H22N6O/c1-20(2)15-8-7-14(18-19-15)16(23)22-11-4-3-6-13(22)12-21-10-5-9-17-21/h5,7-10,13H,3-4,6,11-12H2,1-2H3. The highest BCUT2D eigenvalue weighted by atomic mass is 16.2. The molecule has 3 rings (SSSR count). The molecule has 0 bridgehead atoms. The summed E-state index contributed by atoms with van der Waals surface area (Å²) in [6.45, 7) is 1.49. The van der Waals surface area contributed by atoms with Crippen LogP contribution in [0, 0.1) is 0 Å². The highest BCUT2D eigenvalue weighted by Crippen LogP contribution is 2.20. The van der Waals surface area contributed by atoms with Crippen LogP contribution in [0.5, 0.6) is 0 Å². The van der Waals surface area contributed by atoms with E-state index in [0.29, 0.717) is 5.69 Å². The van der Waals surface area contributed by atoms with Crippen LogP contribution in [0.1, 0.15) is 29.8 Å². The van der Waals surface area contributed by atoms with Gasteiger partial charge in [0.25, 0.3) is 5.91 Å². The summed E-state index contributed by atoms with van der Waals surface area (Å²) < 4.78 is 1.89. The number of hydrogen-bond donors (Lipinski definition) is 0. The third-order valence-corrected chi connectivity index (χ3v) is 4.17. The molecule has 7 nitrogen and oxygen atoms in total. The summed E-state index contributed by atoms with van der Waals surface area (Å²) in [5.74, 6) is 0.702. The van der Waals surface area contributed by atoms with Gasteiger partial charge < -0.3 is 9.80 Å². The van der Waals surface area contributed by atoms with Crippen LogP contribution in [0.25, 0.3) is 0 Å². The largest absolute Gasteiger partial charge is 0.361 e. The fourth-order valence-electron chi connectivity index (χ4n) is 2.91. The smallest absolute Gasteiger partial charge is 0.274 e. The number of nitrogens with zero attached hydrogens (tertiary/aromatic N) is 6. The maximum absolute atomic E-state index is 12.8. The predicted octanol–water partition coefficient (Wildman–Crippen LogP) is 1.43. The van der Waals surface area contributed by atoms with Gasteiger partial charge in [0.05, 0.1) is 12.6 Å². The van der Waals surface area contributed by atoms with Crippen molar-refractivity contribution in [3.05, 3.63) is 36.3 Å². The molecule has 1 aliphatic heterocycles. The van der Waals surface area contributed by atoms with Crippen molar-refractivity contribution in [2.75, 3.05) is 25.5 Å². The molecule has 122 valence electrons. The molecule has 1 unspecified atom stereocenters. The molecule has 1 amide bonds. The van der Waals surface area contributed by atoms with E-state index in [1.54, 1.807) is 12.3 Å². The zero-order chi connectivity index (χ0) is 16.2. The fourth-order valence-corrected chi connectivity index (χ4v) is 2.91. The van der Waals surface area contributed by atoms with Gasteiger partial charge in [0.2, 0.25) is 0 Å². The molecule has 7 heteroatoms. The molecule has 1 fully saturated rings. The Morgan fingerprint density at radius 3 is 2.83 bits per heavy atom. The number of aromatic nitrogens is 4. The molecule has 1 saturated heterocycles. The van der Waals surface area contributed by atoms with Gasteiger partial charge in [-0.2, -0.15) is 5.10 Å². The lowest BCUT2D eigenvalue weighted by Gasteiger charge is -2.35. The van der Waals surface area contributed by atoms with Gasteiger partial charge >= 0.3 is 0 Å². The van der Waals surface area contributed by atoms with E-state index in [2.05, 4.69) is 15.3 Å². The topological polar surface area (TPSA) is 67.2 Å². The minimum atomic E-state index is -0.0420. The van der Waals surface area contributed by atoms with Gasteiger partial charge in [-0.15, -0.1) is 10.2 Å². The lowest BCUT2D eigenvalue weighted by molar-refractivity contribution is 0.0576. The SMILES string of the molecule is CN(C)c1ccc(C(=O)N2CCCCC2Cn2cccn2)nn1. The Morgan fingerprint density at radius 2 is 2.17 bits per heavy atom. The lowest BCUT2D eigenvalue weighted by atomic mass is 10.0. The highest BCUT2D eigenvalue weighted by Gasteiger charge is 2.28. The van der Waals surface area contributed by atoms with E-state index in [4.69, 9.17) is 0 Å². The second-order valence-corrected chi connectivity index (χ2v) is 6.05. The van der Waals surface area contributed by atoms with Crippen molar-refractivity contribution in [3.8, 4) is 0 Å². The van der Waals surface area contributed by atoms with Crippen molar-refractivity contribution < 1.29 is 4.79 Å². The average Bonchev–Trinajstić information content (AvgIpc) is 3.08. The molecular formula is C16H22N6O. The molecule has 0 aliphatic carbocycles. The zero-order valence-electron chi connectivity index (χ0n) is 13.6. The summed E-state index contributed by atoms with van der Waals surface area (Å²) in [4.78, 5) is 16.6. The van der Waals surface area contributed by atoms with Crippen molar-refractivity contribution >= 4 is 11.7 Å². The minimum absolute atomic E-state index is 0.0420. The summed E-state index contributed by atoms with van der Waals surface area (Å²) >= 11 is 0. The average molecular weight is 314 g/mol. The number of carbonyl (C=O) groups is 1. The van der Waals surface area contributed by atoms with Crippen molar-refractivity contribution in [3.63, 3.8) is 0 Å². The maximum Gasteiger partial charge on any atom is 0.274 e. The van der Waals surface area contributed by atoms with Gasteiger partial charge in [-0.25, -0.2) is 0 Å². The fraction of sp³-hybridized carbons (Fsp3) is 0.500. The Morgan fingerprint density at radius 1 is 1.30 bits per heavy atom. The number of likely N-dealkylation sites (tertiary alicyclic amines) is 1. The van der Waals surface area contributed by atoms with E-state index < -0.39 is 0 Å². The van der Waals surface area contributed by atoms with Gasteiger partial charge in [-0.1, -0.05) is 0 Å². The molecule has 0 aromatic carbocycles. The Bertz CT molecular complexity index is 637. The van der Waals surface area contributed by atoms with Crippen LogP contribution in [0.3, 0.4) is 0 Å². The molecule has 0 spiro atoms. The number of piperidine rings is 1. The minimum Gasteiger partial charge on any atom is -0.361 e. The molecule has 3 heterocycles. The van der Waals surface area contributed by atoms with Gasteiger partial charge in [-0.3, -0.25) is 9.48 Å². The summed E-state index contributed by atoms with van der Waals surface area (Å²) in [5.41, 5.74) is 0.406. The zero-order valence-corrected chi connectivity index (χ0v) is 13.6. The normalized spacial score (nSPS) is 18.0. The van der Waals surface area contributed by atoms with Crippen LogP contribution >= 0.6 is 0 Å². The first-order valence-corrected chi connectivity index (χ1v) is 7.94. The Kier molecular flexibility index (Phi) is 4.55. The van der Waals surface area contributed by atoms with Crippen LogP contribution in [-0.4, -0.2) is 57.5 Å². The van der Waals surface area contributed by atoms with Crippen molar-refractivity contribution in [1.29, 1.82) is 0 Å². The molecule has 2 aromatic rings. The number of anilines is 1. The molecule has 1 atom stereocenters. The van der Waals surface area contributed by atoms with Crippen molar-refractivity contribution in [2.45, 2.75) is 31.8 Å². The molecular weight excluding hydrogens is 292 g/mol. The monoisotopic (exact) mass is 314 g/mol.